The third kappa shape index (κ3) is 3.04. The molecule has 2 amide bonds. The minimum atomic E-state index is -0.678. The minimum absolute atomic E-state index is 0.0871. The molecule has 3 aromatic rings. The van der Waals surface area contributed by atoms with E-state index in [0.29, 0.717) is 16.6 Å². The average molecular weight is 325 g/mol. The molecule has 0 fully saturated rings. The van der Waals surface area contributed by atoms with Crippen molar-refractivity contribution in [3.8, 4) is 0 Å². The SMILES string of the molecule is O=C(Nc1ccc([N+](=O)[O-])cc1)Nn1cnc2ccccc2c1=O. The Hall–Kier alpha value is -3.75. The first-order valence-electron chi connectivity index (χ1n) is 6.83. The molecule has 1 aromatic heterocycles. The van der Waals surface area contributed by atoms with Crippen molar-refractivity contribution in [2.45, 2.75) is 0 Å². The predicted molar refractivity (Wildman–Crippen MR) is 87.5 cm³/mol. The normalized spacial score (nSPS) is 10.3. The number of nitro benzene ring substituents is 1. The van der Waals surface area contributed by atoms with Gasteiger partial charge >= 0.3 is 6.03 Å². The highest BCUT2D eigenvalue weighted by molar-refractivity contribution is 5.95. The van der Waals surface area contributed by atoms with Gasteiger partial charge in [0.15, 0.2) is 0 Å². The molecule has 2 N–H and O–H groups in total. The Bertz CT molecular complexity index is 981. The maximum atomic E-state index is 12.2. The van der Waals surface area contributed by atoms with Crippen molar-refractivity contribution in [1.29, 1.82) is 0 Å². The molecule has 0 spiro atoms. The monoisotopic (exact) mass is 325 g/mol. The second-order valence-electron chi connectivity index (χ2n) is 4.81. The summed E-state index contributed by atoms with van der Waals surface area (Å²) in [7, 11) is 0. The van der Waals surface area contributed by atoms with E-state index >= 15 is 0 Å². The van der Waals surface area contributed by atoms with Crippen LogP contribution in [-0.2, 0) is 0 Å². The van der Waals surface area contributed by atoms with Crippen LogP contribution in [0.5, 0.6) is 0 Å². The molecular formula is C15H11N5O4. The standard InChI is InChI=1S/C15H11N5O4/c21-14-12-3-1-2-4-13(12)16-9-19(14)18-15(22)17-10-5-7-11(8-6-10)20(23)24/h1-9H,(H2,17,18,22). The van der Waals surface area contributed by atoms with Crippen molar-refractivity contribution in [2.24, 2.45) is 0 Å². The highest BCUT2D eigenvalue weighted by Crippen LogP contribution is 2.15. The molecule has 0 aliphatic carbocycles. The maximum absolute atomic E-state index is 12.2. The summed E-state index contributed by atoms with van der Waals surface area (Å²) in [5, 5.41) is 13.4. The van der Waals surface area contributed by atoms with E-state index in [2.05, 4.69) is 15.7 Å². The number of nitrogens with one attached hydrogen (secondary N) is 2. The lowest BCUT2D eigenvalue weighted by atomic mass is 10.2. The number of non-ortho nitro benzene ring substituents is 1. The Balaban J connectivity index is 1.76. The van der Waals surface area contributed by atoms with Gasteiger partial charge in [0.2, 0.25) is 0 Å². The third-order valence-electron chi connectivity index (χ3n) is 3.22. The fourth-order valence-corrected chi connectivity index (χ4v) is 2.08. The molecule has 0 saturated heterocycles. The Morgan fingerprint density at radius 1 is 1.12 bits per heavy atom. The molecule has 0 aliphatic rings. The second-order valence-corrected chi connectivity index (χ2v) is 4.81. The average Bonchev–Trinajstić information content (AvgIpc) is 2.58. The quantitative estimate of drug-likeness (QED) is 0.564. The van der Waals surface area contributed by atoms with Gasteiger partial charge in [-0.2, -0.15) is 0 Å². The van der Waals surface area contributed by atoms with Gasteiger partial charge in [0.1, 0.15) is 6.33 Å². The van der Waals surface area contributed by atoms with Crippen LogP contribution in [0.1, 0.15) is 0 Å². The van der Waals surface area contributed by atoms with Crippen molar-refractivity contribution in [2.75, 3.05) is 10.7 Å². The van der Waals surface area contributed by atoms with Gasteiger partial charge in [-0.05, 0) is 24.3 Å². The number of fused-ring (bicyclic) bond motifs is 1. The smallest absolute Gasteiger partial charge is 0.307 e. The Morgan fingerprint density at radius 3 is 2.54 bits per heavy atom. The van der Waals surface area contributed by atoms with Crippen LogP contribution in [0.15, 0.2) is 59.7 Å². The van der Waals surface area contributed by atoms with Gasteiger partial charge in [-0.15, -0.1) is 0 Å². The van der Waals surface area contributed by atoms with Gasteiger partial charge in [-0.3, -0.25) is 14.9 Å². The summed E-state index contributed by atoms with van der Waals surface area (Å²) in [6, 6.07) is 11.4. The number of carbonyl (C=O) groups excluding carboxylic acids is 1. The van der Waals surface area contributed by atoms with Crippen molar-refractivity contribution in [3.63, 3.8) is 0 Å². The molecule has 0 bridgehead atoms. The predicted octanol–water partition coefficient (Wildman–Crippen LogP) is 2.08. The number of amides is 2. The van der Waals surface area contributed by atoms with Crippen LogP contribution in [-0.4, -0.2) is 20.6 Å². The summed E-state index contributed by atoms with van der Waals surface area (Å²) in [5.74, 6) is 0. The third-order valence-corrected chi connectivity index (χ3v) is 3.22. The topological polar surface area (TPSA) is 119 Å². The number of carbonyl (C=O) groups is 1. The summed E-state index contributed by atoms with van der Waals surface area (Å²) in [6.45, 7) is 0. The molecular weight excluding hydrogens is 314 g/mol. The number of benzene rings is 2. The van der Waals surface area contributed by atoms with Crippen LogP contribution in [0.4, 0.5) is 16.2 Å². The number of urea groups is 1. The largest absolute Gasteiger partial charge is 0.338 e. The zero-order chi connectivity index (χ0) is 17.1. The summed E-state index contributed by atoms with van der Waals surface area (Å²) >= 11 is 0. The van der Waals surface area contributed by atoms with Crippen LogP contribution in [0.3, 0.4) is 0 Å². The first kappa shape index (κ1) is 15.2. The summed E-state index contributed by atoms with van der Waals surface area (Å²) in [5.41, 5.74) is 2.71. The van der Waals surface area contributed by atoms with Gasteiger partial charge < -0.3 is 5.32 Å². The van der Waals surface area contributed by atoms with Gasteiger partial charge in [-0.25, -0.2) is 19.9 Å². The van der Waals surface area contributed by atoms with Gasteiger partial charge in [0.25, 0.3) is 11.2 Å². The number of aromatic nitrogens is 2. The Morgan fingerprint density at radius 2 is 1.83 bits per heavy atom. The second kappa shape index (κ2) is 6.16. The molecule has 0 atom stereocenters. The number of nitrogens with zero attached hydrogens (tertiary/aromatic N) is 3. The molecule has 9 nitrogen and oxygen atoms in total. The van der Waals surface area contributed by atoms with Crippen LogP contribution < -0.4 is 16.3 Å². The molecule has 1 heterocycles. The lowest BCUT2D eigenvalue weighted by Crippen LogP contribution is -2.35. The van der Waals surface area contributed by atoms with E-state index in [4.69, 9.17) is 0 Å². The van der Waals surface area contributed by atoms with Crippen molar-refractivity contribution >= 4 is 28.3 Å². The summed E-state index contributed by atoms with van der Waals surface area (Å²) in [6.07, 6.45) is 1.21. The first-order valence-corrected chi connectivity index (χ1v) is 6.83. The number of hydrogen-bond acceptors (Lipinski definition) is 5. The molecule has 0 aliphatic heterocycles. The van der Waals surface area contributed by atoms with Crippen LogP contribution in [0.25, 0.3) is 10.9 Å². The van der Waals surface area contributed by atoms with Gasteiger partial charge in [-0.1, -0.05) is 12.1 Å². The molecule has 2 aromatic carbocycles. The fourth-order valence-electron chi connectivity index (χ4n) is 2.08. The zero-order valence-electron chi connectivity index (χ0n) is 12.2. The Kier molecular flexibility index (Phi) is 3.89. The van der Waals surface area contributed by atoms with E-state index in [0.717, 1.165) is 4.68 Å². The Labute approximate surface area is 134 Å². The maximum Gasteiger partial charge on any atom is 0.338 e. The highest BCUT2D eigenvalue weighted by Gasteiger charge is 2.08. The highest BCUT2D eigenvalue weighted by atomic mass is 16.6. The van der Waals surface area contributed by atoms with E-state index in [9.17, 15) is 19.7 Å². The van der Waals surface area contributed by atoms with Crippen LogP contribution >= 0.6 is 0 Å². The van der Waals surface area contributed by atoms with E-state index in [1.165, 1.54) is 30.6 Å². The molecule has 120 valence electrons. The van der Waals surface area contributed by atoms with Crippen molar-refractivity contribution < 1.29 is 9.72 Å². The lowest BCUT2D eigenvalue weighted by molar-refractivity contribution is -0.384. The van der Waals surface area contributed by atoms with E-state index in [1.807, 2.05) is 0 Å². The van der Waals surface area contributed by atoms with Crippen molar-refractivity contribution in [3.05, 3.63) is 75.3 Å². The van der Waals surface area contributed by atoms with Gasteiger partial charge in [0, 0.05) is 17.8 Å². The summed E-state index contributed by atoms with van der Waals surface area (Å²) in [4.78, 5) is 38.3. The molecule has 24 heavy (non-hydrogen) atoms. The summed E-state index contributed by atoms with van der Waals surface area (Å²) < 4.78 is 0.961. The number of nitro groups is 1. The molecule has 0 unspecified atom stereocenters. The fraction of sp³-hybridized carbons (Fsp3) is 0. The lowest BCUT2D eigenvalue weighted by Gasteiger charge is -2.09. The first-order chi connectivity index (χ1) is 11.5. The van der Waals surface area contributed by atoms with Gasteiger partial charge in [0.05, 0.1) is 15.8 Å². The molecule has 0 radical (unpaired) electrons. The number of rotatable bonds is 3. The van der Waals surface area contributed by atoms with E-state index in [1.54, 1.807) is 24.3 Å². The minimum Gasteiger partial charge on any atom is -0.307 e. The van der Waals surface area contributed by atoms with Crippen LogP contribution in [0.2, 0.25) is 0 Å². The number of anilines is 1. The van der Waals surface area contributed by atoms with E-state index in [-0.39, 0.29) is 5.69 Å². The molecule has 0 saturated carbocycles. The molecule has 3 rings (SSSR count). The van der Waals surface area contributed by atoms with E-state index < -0.39 is 16.5 Å². The zero-order valence-corrected chi connectivity index (χ0v) is 12.2. The van der Waals surface area contributed by atoms with Crippen molar-refractivity contribution in [1.82, 2.24) is 9.66 Å². The number of hydrogen-bond donors (Lipinski definition) is 2. The van der Waals surface area contributed by atoms with Crippen LogP contribution in [0, 0.1) is 10.1 Å². The molecule has 9 heteroatoms. The number of para-hydroxylation sites is 1.